The molecule has 3 rings (SSSR count). The van der Waals surface area contributed by atoms with Gasteiger partial charge in [-0.1, -0.05) is 18.2 Å². The number of carbonyl (C=O) groups is 1. The SMILES string of the molecule is CCn1cc(C(=O)OC)c(=O)c2ccc(C)c(OCc3ccc(OC)cc3)c21. The van der Waals surface area contributed by atoms with E-state index in [2.05, 4.69) is 0 Å². The number of ether oxygens (including phenoxy) is 3. The van der Waals surface area contributed by atoms with Gasteiger partial charge in [0.05, 0.1) is 25.1 Å². The van der Waals surface area contributed by atoms with Gasteiger partial charge in [0, 0.05) is 12.7 Å². The number of esters is 1. The van der Waals surface area contributed by atoms with E-state index in [1.807, 2.05) is 48.7 Å². The zero-order valence-corrected chi connectivity index (χ0v) is 16.4. The lowest BCUT2D eigenvalue weighted by atomic mass is 10.1. The van der Waals surface area contributed by atoms with Crippen molar-refractivity contribution in [3.05, 3.63) is 69.5 Å². The third-order valence-corrected chi connectivity index (χ3v) is 4.68. The minimum Gasteiger partial charge on any atom is -0.497 e. The van der Waals surface area contributed by atoms with Crippen LogP contribution in [-0.4, -0.2) is 24.8 Å². The molecule has 28 heavy (non-hydrogen) atoms. The second-order valence-electron chi connectivity index (χ2n) is 6.39. The Balaban J connectivity index is 2.08. The fraction of sp³-hybridized carbons (Fsp3) is 0.273. The van der Waals surface area contributed by atoms with Crippen LogP contribution in [-0.2, 0) is 17.9 Å². The molecule has 6 nitrogen and oxygen atoms in total. The van der Waals surface area contributed by atoms with Gasteiger partial charge >= 0.3 is 5.97 Å². The molecule has 0 fully saturated rings. The third kappa shape index (κ3) is 3.58. The molecule has 0 spiro atoms. The van der Waals surface area contributed by atoms with Gasteiger partial charge in [0.15, 0.2) is 0 Å². The molecule has 0 N–H and O–H groups in total. The van der Waals surface area contributed by atoms with Crippen molar-refractivity contribution in [2.24, 2.45) is 0 Å². The fourth-order valence-corrected chi connectivity index (χ4v) is 3.13. The molecule has 0 aliphatic carbocycles. The van der Waals surface area contributed by atoms with Crippen molar-refractivity contribution < 1.29 is 19.0 Å². The first kappa shape index (κ1) is 19.5. The molecule has 0 radical (unpaired) electrons. The van der Waals surface area contributed by atoms with E-state index in [9.17, 15) is 9.59 Å². The van der Waals surface area contributed by atoms with Crippen LogP contribution in [0.5, 0.6) is 11.5 Å². The van der Waals surface area contributed by atoms with Gasteiger partial charge in [0.25, 0.3) is 0 Å². The molecule has 0 aliphatic heterocycles. The first-order valence-electron chi connectivity index (χ1n) is 9.01. The molecular weight excluding hydrogens is 358 g/mol. The predicted molar refractivity (Wildman–Crippen MR) is 107 cm³/mol. The van der Waals surface area contributed by atoms with E-state index in [0.29, 0.717) is 29.8 Å². The zero-order valence-electron chi connectivity index (χ0n) is 16.4. The Morgan fingerprint density at radius 2 is 1.79 bits per heavy atom. The van der Waals surface area contributed by atoms with Gasteiger partial charge in [-0.05, 0) is 43.2 Å². The molecule has 0 atom stereocenters. The van der Waals surface area contributed by atoms with Crippen molar-refractivity contribution in [1.82, 2.24) is 4.57 Å². The van der Waals surface area contributed by atoms with E-state index in [-0.39, 0.29) is 11.0 Å². The molecule has 0 saturated heterocycles. The van der Waals surface area contributed by atoms with Gasteiger partial charge < -0.3 is 18.8 Å². The molecule has 2 aromatic carbocycles. The first-order chi connectivity index (χ1) is 13.5. The highest BCUT2D eigenvalue weighted by atomic mass is 16.5. The molecule has 1 aromatic heterocycles. The number of nitrogens with zero attached hydrogens (tertiary/aromatic N) is 1. The molecule has 0 bridgehead atoms. The summed E-state index contributed by atoms with van der Waals surface area (Å²) < 4.78 is 17.9. The van der Waals surface area contributed by atoms with Crippen LogP contribution >= 0.6 is 0 Å². The lowest BCUT2D eigenvalue weighted by Gasteiger charge is -2.17. The Morgan fingerprint density at radius 3 is 2.39 bits per heavy atom. The summed E-state index contributed by atoms with van der Waals surface area (Å²) in [5, 5.41) is 0.431. The highest BCUT2D eigenvalue weighted by Gasteiger charge is 2.19. The summed E-state index contributed by atoms with van der Waals surface area (Å²) in [6, 6.07) is 11.2. The van der Waals surface area contributed by atoms with E-state index in [4.69, 9.17) is 14.2 Å². The average molecular weight is 381 g/mol. The molecule has 6 heteroatoms. The van der Waals surface area contributed by atoms with Gasteiger partial charge in [-0.3, -0.25) is 4.79 Å². The monoisotopic (exact) mass is 381 g/mol. The van der Waals surface area contributed by atoms with E-state index in [0.717, 1.165) is 16.9 Å². The number of hydrogen-bond acceptors (Lipinski definition) is 5. The van der Waals surface area contributed by atoms with Gasteiger partial charge in [-0.15, -0.1) is 0 Å². The van der Waals surface area contributed by atoms with Crippen molar-refractivity contribution in [3.63, 3.8) is 0 Å². The van der Waals surface area contributed by atoms with E-state index >= 15 is 0 Å². The smallest absolute Gasteiger partial charge is 0.343 e. The number of methoxy groups -OCH3 is 2. The quantitative estimate of drug-likeness (QED) is 0.609. The van der Waals surface area contributed by atoms with Crippen LogP contribution < -0.4 is 14.9 Å². The average Bonchev–Trinajstić information content (AvgIpc) is 2.73. The second kappa shape index (κ2) is 8.17. The Bertz CT molecular complexity index is 1070. The molecule has 0 aliphatic rings. The van der Waals surface area contributed by atoms with Crippen LogP contribution in [0.15, 0.2) is 47.4 Å². The van der Waals surface area contributed by atoms with Crippen molar-refractivity contribution in [3.8, 4) is 11.5 Å². The van der Waals surface area contributed by atoms with Gasteiger partial charge in [0.1, 0.15) is 23.7 Å². The fourth-order valence-electron chi connectivity index (χ4n) is 3.13. The topological polar surface area (TPSA) is 66.8 Å². The lowest BCUT2D eigenvalue weighted by Crippen LogP contribution is -2.20. The summed E-state index contributed by atoms with van der Waals surface area (Å²) >= 11 is 0. The van der Waals surface area contributed by atoms with Crippen LogP contribution in [0.25, 0.3) is 10.9 Å². The molecular formula is C22H23NO5. The van der Waals surface area contributed by atoms with Crippen LogP contribution in [0.3, 0.4) is 0 Å². The van der Waals surface area contributed by atoms with Crippen molar-refractivity contribution in [2.45, 2.75) is 27.0 Å². The highest BCUT2D eigenvalue weighted by molar-refractivity contribution is 5.95. The second-order valence-corrected chi connectivity index (χ2v) is 6.39. The van der Waals surface area contributed by atoms with E-state index in [1.165, 1.54) is 13.3 Å². The normalized spacial score (nSPS) is 10.7. The molecule has 3 aromatic rings. The summed E-state index contributed by atoms with van der Waals surface area (Å²) in [7, 11) is 2.89. The standard InChI is InChI=1S/C22H23NO5/c1-5-23-12-18(22(25)27-4)20(24)17-11-6-14(2)21(19(17)23)28-13-15-7-9-16(26-3)10-8-15/h6-12H,5,13H2,1-4H3. The number of pyridine rings is 1. The molecule has 0 unspecified atom stereocenters. The number of carbonyl (C=O) groups excluding carboxylic acids is 1. The lowest BCUT2D eigenvalue weighted by molar-refractivity contribution is 0.0598. The maximum Gasteiger partial charge on any atom is 0.343 e. The minimum absolute atomic E-state index is 0.0156. The van der Waals surface area contributed by atoms with Crippen LogP contribution in [0.2, 0.25) is 0 Å². The summed E-state index contributed by atoms with van der Waals surface area (Å²) in [4.78, 5) is 24.8. The number of hydrogen-bond donors (Lipinski definition) is 0. The molecule has 1 heterocycles. The highest BCUT2D eigenvalue weighted by Crippen LogP contribution is 2.29. The maximum atomic E-state index is 12.8. The van der Waals surface area contributed by atoms with Gasteiger partial charge in [-0.25, -0.2) is 4.79 Å². The predicted octanol–water partition coefficient (Wildman–Crippen LogP) is 3.70. The largest absolute Gasteiger partial charge is 0.497 e. The Kier molecular flexibility index (Phi) is 5.68. The summed E-state index contributed by atoms with van der Waals surface area (Å²) in [6.45, 7) is 4.80. The number of benzene rings is 2. The van der Waals surface area contributed by atoms with Crippen LogP contribution in [0, 0.1) is 6.92 Å². The summed E-state index contributed by atoms with van der Waals surface area (Å²) in [5.41, 5.74) is 2.22. The Morgan fingerprint density at radius 1 is 1.07 bits per heavy atom. The first-order valence-corrected chi connectivity index (χ1v) is 9.01. The van der Waals surface area contributed by atoms with Crippen LogP contribution in [0.4, 0.5) is 0 Å². The third-order valence-electron chi connectivity index (χ3n) is 4.68. The van der Waals surface area contributed by atoms with Crippen molar-refractivity contribution in [2.75, 3.05) is 14.2 Å². The summed E-state index contributed by atoms with van der Waals surface area (Å²) in [6.07, 6.45) is 1.54. The van der Waals surface area contributed by atoms with E-state index in [1.54, 1.807) is 13.2 Å². The number of fused-ring (bicyclic) bond motifs is 1. The van der Waals surface area contributed by atoms with Gasteiger partial charge in [0.2, 0.25) is 5.43 Å². The summed E-state index contributed by atoms with van der Waals surface area (Å²) in [5.74, 6) is 0.763. The minimum atomic E-state index is -0.643. The molecule has 0 saturated carbocycles. The maximum absolute atomic E-state index is 12.8. The van der Waals surface area contributed by atoms with Crippen molar-refractivity contribution in [1.29, 1.82) is 0 Å². The zero-order chi connectivity index (χ0) is 20.3. The number of rotatable bonds is 6. The number of aromatic nitrogens is 1. The number of aryl methyl sites for hydroxylation is 2. The van der Waals surface area contributed by atoms with E-state index < -0.39 is 5.97 Å². The Labute approximate surface area is 163 Å². The molecule has 0 amide bonds. The van der Waals surface area contributed by atoms with Crippen molar-refractivity contribution >= 4 is 16.9 Å². The Hall–Kier alpha value is -3.28. The van der Waals surface area contributed by atoms with Crippen LogP contribution in [0.1, 0.15) is 28.4 Å². The molecule has 146 valence electrons. The van der Waals surface area contributed by atoms with Gasteiger partial charge in [-0.2, -0.15) is 0 Å².